The zero-order chi connectivity index (χ0) is 9.84. The van der Waals surface area contributed by atoms with Gasteiger partial charge in [-0.2, -0.15) is 5.26 Å². The van der Waals surface area contributed by atoms with Crippen LogP contribution in [0.15, 0.2) is 18.2 Å². The second-order valence-corrected chi connectivity index (χ2v) is 2.46. The molecular weight excluding hydrogens is 170 g/mol. The molecule has 0 bridgehead atoms. The predicted molar refractivity (Wildman–Crippen MR) is 45.2 cm³/mol. The van der Waals surface area contributed by atoms with E-state index < -0.39 is 6.10 Å². The standard InChI is InChI=1S/C9H9NO3/c1-13-9-3-2-6(4-7(9)11)8(12)5-10/h2-4,8,11-12H,1H3. The molecule has 2 N–H and O–H groups in total. The van der Waals surface area contributed by atoms with Crippen LogP contribution in [0, 0.1) is 11.3 Å². The number of hydrogen-bond donors (Lipinski definition) is 2. The molecule has 0 heterocycles. The van der Waals surface area contributed by atoms with E-state index in [1.807, 2.05) is 0 Å². The second-order valence-electron chi connectivity index (χ2n) is 2.46. The van der Waals surface area contributed by atoms with Gasteiger partial charge in [-0.3, -0.25) is 0 Å². The lowest BCUT2D eigenvalue weighted by Gasteiger charge is -2.06. The van der Waals surface area contributed by atoms with Crippen LogP contribution in [-0.2, 0) is 0 Å². The number of aromatic hydroxyl groups is 1. The van der Waals surface area contributed by atoms with Gasteiger partial charge in [-0.25, -0.2) is 0 Å². The average molecular weight is 179 g/mol. The lowest BCUT2D eigenvalue weighted by Crippen LogP contribution is -1.93. The van der Waals surface area contributed by atoms with Crippen LogP contribution in [0.4, 0.5) is 0 Å². The topological polar surface area (TPSA) is 73.5 Å². The molecule has 68 valence electrons. The molecule has 0 saturated heterocycles. The third-order valence-corrected chi connectivity index (χ3v) is 1.64. The summed E-state index contributed by atoms with van der Waals surface area (Å²) in [6.45, 7) is 0. The van der Waals surface area contributed by atoms with Crippen LogP contribution in [0.5, 0.6) is 11.5 Å². The molecule has 1 aromatic carbocycles. The number of nitriles is 1. The van der Waals surface area contributed by atoms with E-state index in [2.05, 4.69) is 0 Å². The molecule has 0 aromatic heterocycles. The lowest BCUT2D eigenvalue weighted by atomic mass is 10.1. The van der Waals surface area contributed by atoms with Crippen LogP contribution in [0.2, 0.25) is 0 Å². The molecule has 0 aliphatic rings. The molecule has 0 amide bonds. The van der Waals surface area contributed by atoms with Crippen molar-refractivity contribution in [1.29, 1.82) is 5.26 Å². The zero-order valence-corrected chi connectivity index (χ0v) is 7.06. The van der Waals surface area contributed by atoms with Crippen molar-refractivity contribution in [2.45, 2.75) is 6.10 Å². The fourth-order valence-electron chi connectivity index (χ4n) is 0.952. The number of hydrogen-bond acceptors (Lipinski definition) is 4. The first kappa shape index (κ1) is 9.36. The maximum absolute atomic E-state index is 9.29. The molecule has 4 nitrogen and oxygen atoms in total. The minimum absolute atomic E-state index is 0.0886. The van der Waals surface area contributed by atoms with Crippen molar-refractivity contribution in [1.82, 2.24) is 0 Å². The van der Waals surface area contributed by atoms with Crippen LogP contribution in [-0.4, -0.2) is 17.3 Å². The highest BCUT2D eigenvalue weighted by Crippen LogP contribution is 2.28. The fraction of sp³-hybridized carbons (Fsp3) is 0.222. The van der Waals surface area contributed by atoms with Gasteiger partial charge in [0.1, 0.15) is 0 Å². The number of nitrogens with zero attached hydrogens (tertiary/aromatic N) is 1. The quantitative estimate of drug-likeness (QED) is 0.663. The Labute approximate surface area is 75.6 Å². The minimum Gasteiger partial charge on any atom is -0.504 e. The number of benzene rings is 1. The van der Waals surface area contributed by atoms with E-state index >= 15 is 0 Å². The number of phenols is 1. The third-order valence-electron chi connectivity index (χ3n) is 1.64. The molecule has 1 unspecified atom stereocenters. The maximum atomic E-state index is 9.29. The summed E-state index contributed by atoms with van der Waals surface area (Å²) in [6, 6.07) is 5.96. The first-order valence-electron chi connectivity index (χ1n) is 3.63. The lowest BCUT2D eigenvalue weighted by molar-refractivity contribution is 0.235. The van der Waals surface area contributed by atoms with Crippen molar-refractivity contribution in [3.05, 3.63) is 23.8 Å². The summed E-state index contributed by atoms with van der Waals surface area (Å²) >= 11 is 0. The number of rotatable bonds is 2. The van der Waals surface area contributed by atoms with Crippen LogP contribution in [0.1, 0.15) is 11.7 Å². The van der Waals surface area contributed by atoms with Crippen LogP contribution in [0.25, 0.3) is 0 Å². The maximum Gasteiger partial charge on any atom is 0.166 e. The monoisotopic (exact) mass is 179 g/mol. The number of phenolic OH excluding ortho intramolecular Hbond substituents is 1. The highest BCUT2D eigenvalue weighted by molar-refractivity contribution is 5.43. The van der Waals surface area contributed by atoms with E-state index in [1.54, 1.807) is 6.07 Å². The van der Waals surface area contributed by atoms with Crippen molar-refractivity contribution in [3.8, 4) is 17.6 Å². The number of aliphatic hydroxyl groups excluding tert-OH is 1. The van der Waals surface area contributed by atoms with E-state index in [1.165, 1.54) is 25.3 Å². The van der Waals surface area contributed by atoms with Gasteiger partial charge >= 0.3 is 0 Å². The summed E-state index contributed by atoms with van der Waals surface area (Å²) in [5.41, 5.74) is 0.348. The van der Waals surface area contributed by atoms with Crippen molar-refractivity contribution < 1.29 is 14.9 Å². The number of methoxy groups -OCH3 is 1. The molecule has 0 spiro atoms. The molecule has 0 aliphatic carbocycles. The Hall–Kier alpha value is -1.73. The van der Waals surface area contributed by atoms with Crippen molar-refractivity contribution in [3.63, 3.8) is 0 Å². The summed E-state index contributed by atoms with van der Waals surface area (Å²) in [5, 5.41) is 26.8. The van der Waals surface area contributed by atoms with E-state index in [9.17, 15) is 5.11 Å². The molecule has 4 heteroatoms. The molecule has 0 aliphatic heterocycles. The Balaban J connectivity index is 3.04. The summed E-state index contributed by atoms with van der Waals surface area (Å²) in [4.78, 5) is 0. The minimum atomic E-state index is -1.21. The van der Waals surface area contributed by atoms with Gasteiger partial charge in [0.15, 0.2) is 17.6 Å². The van der Waals surface area contributed by atoms with Crippen molar-refractivity contribution >= 4 is 0 Å². The molecule has 1 atom stereocenters. The summed E-state index contributed by atoms with van der Waals surface area (Å²) in [5.74, 6) is 0.225. The Morgan fingerprint density at radius 3 is 2.69 bits per heavy atom. The highest BCUT2D eigenvalue weighted by atomic mass is 16.5. The normalized spacial score (nSPS) is 11.8. The van der Waals surface area contributed by atoms with Crippen LogP contribution < -0.4 is 4.74 Å². The van der Waals surface area contributed by atoms with Gasteiger partial charge < -0.3 is 14.9 Å². The summed E-state index contributed by atoms with van der Waals surface area (Å²) in [6.07, 6.45) is -1.21. The Kier molecular flexibility index (Phi) is 2.72. The first-order chi connectivity index (χ1) is 6.19. The van der Waals surface area contributed by atoms with Gasteiger partial charge in [-0.15, -0.1) is 0 Å². The Morgan fingerprint density at radius 1 is 1.54 bits per heavy atom. The molecule has 0 fully saturated rings. The van der Waals surface area contributed by atoms with Gasteiger partial charge in [0.2, 0.25) is 0 Å². The van der Waals surface area contributed by atoms with Gasteiger partial charge in [0, 0.05) is 0 Å². The second kappa shape index (κ2) is 3.78. The first-order valence-corrected chi connectivity index (χ1v) is 3.63. The summed E-state index contributed by atoms with van der Waals surface area (Å²) < 4.78 is 4.80. The molecular formula is C9H9NO3. The van der Waals surface area contributed by atoms with Crippen molar-refractivity contribution in [2.75, 3.05) is 7.11 Å². The van der Waals surface area contributed by atoms with Crippen LogP contribution in [0.3, 0.4) is 0 Å². The van der Waals surface area contributed by atoms with Gasteiger partial charge in [-0.05, 0) is 17.7 Å². The van der Waals surface area contributed by atoms with Crippen molar-refractivity contribution in [2.24, 2.45) is 0 Å². The van der Waals surface area contributed by atoms with E-state index in [4.69, 9.17) is 15.1 Å². The third kappa shape index (κ3) is 1.89. The zero-order valence-electron chi connectivity index (χ0n) is 7.06. The molecule has 13 heavy (non-hydrogen) atoms. The van der Waals surface area contributed by atoms with E-state index in [0.717, 1.165) is 0 Å². The van der Waals surface area contributed by atoms with E-state index in [-0.39, 0.29) is 5.75 Å². The molecule has 0 saturated carbocycles. The number of ether oxygens (including phenoxy) is 1. The molecule has 0 radical (unpaired) electrons. The Bertz CT molecular complexity index is 343. The Morgan fingerprint density at radius 2 is 2.23 bits per heavy atom. The average Bonchev–Trinajstić information content (AvgIpc) is 2.16. The molecule has 1 aromatic rings. The van der Waals surface area contributed by atoms with E-state index in [0.29, 0.717) is 11.3 Å². The predicted octanol–water partition coefficient (Wildman–Crippen LogP) is 0.958. The van der Waals surface area contributed by atoms with Gasteiger partial charge in [-0.1, -0.05) is 6.07 Å². The van der Waals surface area contributed by atoms with Crippen LogP contribution >= 0.6 is 0 Å². The number of aliphatic hydroxyl groups is 1. The summed E-state index contributed by atoms with van der Waals surface area (Å²) in [7, 11) is 1.43. The molecule has 1 rings (SSSR count). The SMILES string of the molecule is COc1ccc(C(O)C#N)cc1O. The van der Waals surface area contributed by atoms with Gasteiger partial charge in [0.25, 0.3) is 0 Å². The van der Waals surface area contributed by atoms with Gasteiger partial charge in [0.05, 0.1) is 13.2 Å². The fourth-order valence-corrected chi connectivity index (χ4v) is 0.952. The largest absolute Gasteiger partial charge is 0.504 e. The smallest absolute Gasteiger partial charge is 0.166 e. The highest BCUT2D eigenvalue weighted by Gasteiger charge is 2.08.